The Morgan fingerprint density at radius 1 is 1.73 bits per heavy atom. The van der Waals surface area contributed by atoms with E-state index in [-0.39, 0.29) is 17.5 Å². The van der Waals surface area contributed by atoms with E-state index in [1.807, 2.05) is 6.92 Å². The summed E-state index contributed by atoms with van der Waals surface area (Å²) in [6.45, 7) is 1.98. The molecule has 1 aromatic rings. The molecule has 0 saturated heterocycles. The van der Waals surface area contributed by atoms with Gasteiger partial charge < -0.3 is 5.11 Å². The molecule has 5 nitrogen and oxygen atoms in total. The van der Waals surface area contributed by atoms with Crippen molar-refractivity contribution < 1.29 is 10.0 Å². The second-order valence-electron chi connectivity index (χ2n) is 3.03. The quantitative estimate of drug-likeness (QED) is 0.473. The molecule has 0 amide bonds. The standard InChI is InChI=1S/C9H12N2O3S/c1-7(4-6-12)15-9-8(11(13)14)3-2-5-10-9/h2-3,5,7,12H,4,6H2,1H3. The topological polar surface area (TPSA) is 76.3 Å². The molecule has 0 bridgehead atoms. The summed E-state index contributed by atoms with van der Waals surface area (Å²) in [4.78, 5) is 14.2. The van der Waals surface area contributed by atoms with Gasteiger partial charge in [-0.25, -0.2) is 4.98 Å². The highest BCUT2D eigenvalue weighted by Crippen LogP contribution is 2.30. The molecule has 0 spiro atoms. The summed E-state index contributed by atoms with van der Waals surface area (Å²) >= 11 is 1.31. The van der Waals surface area contributed by atoms with Crippen LogP contribution in [0.15, 0.2) is 23.4 Å². The van der Waals surface area contributed by atoms with Crippen molar-refractivity contribution in [3.05, 3.63) is 28.4 Å². The van der Waals surface area contributed by atoms with Crippen molar-refractivity contribution in [2.75, 3.05) is 6.61 Å². The molecule has 0 radical (unpaired) electrons. The molecule has 0 fully saturated rings. The zero-order chi connectivity index (χ0) is 11.3. The van der Waals surface area contributed by atoms with Crippen LogP contribution in [0.4, 0.5) is 5.69 Å². The molecule has 1 heterocycles. The molecule has 82 valence electrons. The van der Waals surface area contributed by atoms with E-state index in [1.54, 1.807) is 6.07 Å². The van der Waals surface area contributed by atoms with Gasteiger partial charge in [-0.2, -0.15) is 0 Å². The number of aliphatic hydroxyl groups is 1. The zero-order valence-electron chi connectivity index (χ0n) is 8.29. The van der Waals surface area contributed by atoms with Gasteiger partial charge in [-0.1, -0.05) is 18.7 Å². The van der Waals surface area contributed by atoms with E-state index in [0.717, 1.165) is 0 Å². The molecule has 1 unspecified atom stereocenters. The summed E-state index contributed by atoms with van der Waals surface area (Å²) in [5.74, 6) is 0. The molecule has 1 rings (SSSR count). The molecular formula is C9H12N2O3S. The van der Waals surface area contributed by atoms with Gasteiger partial charge in [0.05, 0.1) is 4.92 Å². The summed E-state index contributed by atoms with van der Waals surface area (Å²) in [5, 5.41) is 19.9. The summed E-state index contributed by atoms with van der Waals surface area (Å²) < 4.78 is 0. The molecule has 0 aliphatic carbocycles. The van der Waals surface area contributed by atoms with E-state index in [0.29, 0.717) is 11.4 Å². The zero-order valence-corrected chi connectivity index (χ0v) is 9.11. The Morgan fingerprint density at radius 2 is 2.47 bits per heavy atom. The Labute approximate surface area is 91.7 Å². The van der Waals surface area contributed by atoms with E-state index >= 15 is 0 Å². The number of aromatic nitrogens is 1. The average Bonchev–Trinajstić information content (AvgIpc) is 2.18. The van der Waals surface area contributed by atoms with Gasteiger partial charge in [0.2, 0.25) is 0 Å². The van der Waals surface area contributed by atoms with E-state index in [2.05, 4.69) is 4.98 Å². The number of nitrogens with zero attached hydrogens (tertiary/aromatic N) is 2. The van der Waals surface area contributed by atoms with Crippen LogP contribution in [-0.4, -0.2) is 26.9 Å². The van der Waals surface area contributed by atoms with E-state index < -0.39 is 4.92 Å². The van der Waals surface area contributed by atoms with Crippen molar-refractivity contribution in [2.24, 2.45) is 0 Å². The van der Waals surface area contributed by atoms with Crippen LogP contribution in [0.2, 0.25) is 0 Å². The second-order valence-corrected chi connectivity index (χ2v) is 4.45. The maximum atomic E-state index is 10.7. The number of rotatable bonds is 5. The normalized spacial score (nSPS) is 12.4. The fraction of sp³-hybridized carbons (Fsp3) is 0.444. The molecule has 1 aromatic heterocycles. The SMILES string of the molecule is CC(CCO)Sc1ncccc1[N+](=O)[O-]. The van der Waals surface area contributed by atoms with Gasteiger partial charge in [-0.3, -0.25) is 10.1 Å². The smallest absolute Gasteiger partial charge is 0.301 e. The molecular weight excluding hydrogens is 216 g/mol. The average molecular weight is 228 g/mol. The first-order valence-electron chi connectivity index (χ1n) is 4.52. The Kier molecular flexibility index (Phi) is 4.51. The lowest BCUT2D eigenvalue weighted by molar-refractivity contribution is -0.388. The molecule has 1 atom stereocenters. The molecule has 0 aliphatic rings. The van der Waals surface area contributed by atoms with Crippen LogP contribution in [-0.2, 0) is 0 Å². The Balaban J connectivity index is 2.79. The number of hydrogen-bond donors (Lipinski definition) is 1. The van der Waals surface area contributed by atoms with Gasteiger partial charge in [-0.05, 0) is 12.5 Å². The minimum absolute atomic E-state index is 0.0206. The van der Waals surface area contributed by atoms with Crippen LogP contribution < -0.4 is 0 Å². The van der Waals surface area contributed by atoms with Crippen LogP contribution >= 0.6 is 11.8 Å². The third-order valence-electron chi connectivity index (χ3n) is 1.80. The minimum atomic E-state index is -0.443. The fourth-order valence-corrected chi connectivity index (χ4v) is 2.03. The first kappa shape index (κ1) is 11.9. The highest BCUT2D eigenvalue weighted by Gasteiger charge is 2.16. The van der Waals surface area contributed by atoms with Gasteiger partial charge >= 0.3 is 5.69 Å². The lowest BCUT2D eigenvalue weighted by Crippen LogP contribution is -2.01. The van der Waals surface area contributed by atoms with Gasteiger partial charge in [0.1, 0.15) is 0 Å². The monoisotopic (exact) mass is 228 g/mol. The van der Waals surface area contributed by atoms with E-state index in [1.165, 1.54) is 24.0 Å². The van der Waals surface area contributed by atoms with Crippen molar-refractivity contribution in [3.8, 4) is 0 Å². The fourth-order valence-electron chi connectivity index (χ4n) is 1.04. The van der Waals surface area contributed by atoms with Crippen LogP contribution in [0.5, 0.6) is 0 Å². The summed E-state index contributed by atoms with van der Waals surface area (Å²) in [6.07, 6.45) is 2.12. The molecule has 15 heavy (non-hydrogen) atoms. The van der Waals surface area contributed by atoms with Gasteiger partial charge in [-0.15, -0.1) is 0 Å². The Morgan fingerprint density at radius 3 is 3.07 bits per heavy atom. The van der Waals surface area contributed by atoms with Gasteiger partial charge in [0, 0.05) is 24.1 Å². The molecule has 1 N–H and O–H groups in total. The minimum Gasteiger partial charge on any atom is -0.396 e. The lowest BCUT2D eigenvalue weighted by atomic mass is 10.3. The Bertz CT molecular complexity index is 346. The molecule has 6 heteroatoms. The number of nitro groups is 1. The van der Waals surface area contributed by atoms with Crippen molar-refractivity contribution in [1.82, 2.24) is 4.98 Å². The Hall–Kier alpha value is -1.14. The molecule has 0 saturated carbocycles. The third kappa shape index (κ3) is 3.49. The van der Waals surface area contributed by atoms with Crippen molar-refractivity contribution in [3.63, 3.8) is 0 Å². The predicted molar refractivity (Wildman–Crippen MR) is 57.9 cm³/mol. The van der Waals surface area contributed by atoms with Crippen molar-refractivity contribution in [1.29, 1.82) is 0 Å². The van der Waals surface area contributed by atoms with E-state index in [9.17, 15) is 10.1 Å². The summed E-state index contributed by atoms with van der Waals surface area (Å²) in [6, 6.07) is 2.97. The van der Waals surface area contributed by atoms with Crippen LogP contribution in [0.1, 0.15) is 13.3 Å². The van der Waals surface area contributed by atoms with E-state index in [4.69, 9.17) is 5.11 Å². The molecule has 0 aromatic carbocycles. The number of pyridine rings is 1. The van der Waals surface area contributed by atoms with Crippen molar-refractivity contribution in [2.45, 2.75) is 23.6 Å². The first-order chi connectivity index (χ1) is 7.15. The third-order valence-corrected chi connectivity index (χ3v) is 2.97. The summed E-state index contributed by atoms with van der Waals surface area (Å²) in [5.41, 5.74) is 0.0206. The predicted octanol–water partition coefficient (Wildman–Crippen LogP) is 1.85. The first-order valence-corrected chi connectivity index (χ1v) is 5.40. The summed E-state index contributed by atoms with van der Waals surface area (Å²) in [7, 11) is 0. The van der Waals surface area contributed by atoms with Crippen LogP contribution in [0.3, 0.4) is 0 Å². The highest BCUT2D eigenvalue weighted by atomic mass is 32.2. The molecule has 0 aliphatic heterocycles. The van der Waals surface area contributed by atoms with Gasteiger partial charge in [0.25, 0.3) is 0 Å². The number of thioether (sulfide) groups is 1. The number of hydrogen-bond acceptors (Lipinski definition) is 5. The van der Waals surface area contributed by atoms with Crippen LogP contribution in [0, 0.1) is 10.1 Å². The highest BCUT2D eigenvalue weighted by molar-refractivity contribution is 8.00. The van der Waals surface area contributed by atoms with Crippen molar-refractivity contribution >= 4 is 17.4 Å². The second kappa shape index (κ2) is 5.67. The maximum absolute atomic E-state index is 10.7. The lowest BCUT2D eigenvalue weighted by Gasteiger charge is -2.07. The van der Waals surface area contributed by atoms with Crippen LogP contribution in [0.25, 0.3) is 0 Å². The largest absolute Gasteiger partial charge is 0.396 e. The number of aliphatic hydroxyl groups excluding tert-OH is 1. The van der Waals surface area contributed by atoms with Gasteiger partial charge in [0.15, 0.2) is 5.03 Å². The maximum Gasteiger partial charge on any atom is 0.301 e.